The number of amides is 1. The number of carbonyl (C=O) groups is 3. The van der Waals surface area contributed by atoms with Gasteiger partial charge in [-0.15, -0.1) is 0 Å². The van der Waals surface area contributed by atoms with E-state index in [4.69, 9.17) is 13.9 Å². The molecule has 0 spiro atoms. The number of halogens is 1. The number of nitrogens with zero attached hydrogens (tertiary/aromatic N) is 1. The van der Waals surface area contributed by atoms with Gasteiger partial charge < -0.3 is 18.8 Å². The van der Waals surface area contributed by atoms with E-state index in [0.717, 1.165) is 0 Å². The molecule has 9 heteroatoms. The molecule has 1 fully saturated rings. The molecular weight excluding hydrogens is 414 g/mol. The van der Waals surface area contributed by atoms with Crippen molar-refractivity contribution in [2.24, 2.45) is 0 Å². The minimum atomic E-state index is -0.553. The molecule has 1 aromatic rings. The average molecular weight is 430 g/mol. The zero-order chi connectivity index (χ0) is 18.2. The summed E-state index contributed by atoms with van der Waals surface area (Å²) in [5, 5.41) is 0.496. The average Bonchev–Trinajstić information content (AvgIpc) is 3.13. The Labute approximate surface area is 157 Å². The number of hydrogen-bond acceptors (Lipinski definition) is 7. The fourth-order valence-electron chi connectivity index (χ4n) is 1.91. The van der Waals surface area contributed by atoms with Crippen LogP contribution in [0.5, 0.6) is 0 Å². The molecule has 7 nitrogen and oxygen atoms in total. The number of ether oxygens (including phenoxy) is 2. The highest BCUT2D eigenvalue weighted by Crippen LogP contribution is 2.28. The van der Waals surface area contributed by atoms with Crippen LogP contribution in [-0.2, 0) is 23.9 Å². The lowest BCUT2D eigenvalue weighted by atomic mass is 10.4. The Bertz CT molecular complexity index is 711. The second-order valence-electron chi connectivity index (χ2n) is 4.71. The summed E-state index contributed by atoms with van der Waals surface area (Å²) in [6.07, 6.45) is 3.99. The molecule has 0 bridgehead atoms. The number of hydrogen-bond donors (Lipinski definition) is 0. The number of furan rings is 1. The lowest BCUT2D eigenvalue weighted by Crippen LogP contribution is -2.29. The molecule has 1 saturated heterocycles. The second-order valence-corrected chi connectivity index (χ2v) is 6.49. The van der Waals surface area contributed by atoms with Gasteiger partial charge in [-0.1, -0.05) is 11.8 Å². The third-order valence-corrected chi connectivity index (χ3v) is 4.43. The van der Waals surface area contributed by atoms with Gasteiger partial charge in [0.1, 0.15) is 12.4 Å². The zero-order valence-electron chi connectivity index (χ0n) is 13.4. The zero-order valence-corrected chi connectivity index (χ0v) is 15.8. The fraction of sp³-hybridized carbons (Fsp3) is 0.312. The largest absolute Gasteiger partial charge is 0.463 e. The third kappa shape index (κ3) is 6.09. The monoisotopic (exact) mass is 429 g/mol. The summed E-state index contributed by atoms with van der Waals surface area (Å²) in [6.45, 7) is 2.15. The van der Waals surface area contributed by atoms with Gasteiger partial charge >= 0.3 is 11.9 Å². The maximum absolute atomic E-state index is 11.9. The quantitative estimate of drug-likeness (QED) is 0.486. The highest BCUT2D eigenvalue weighted by atomic mass is 79.9. The van der Waals surface area contributed by atoms with Crippen LogP contribution >= 0.6 is 27.7 Å². The van der Waals surface area contributed by atoms with Crippen LogP contribution in [0, 0.1) is 0 Å². The van der Waals surface area contributed by atoms with Crippen molar-refractivity contribution in [3.63, 3.8) is 0 Å². The minimum Gasteiger partial charge on any atom is -0.463 e. The van der Waals surface area contributed by atoms with Crippen molar-refractivity contribution in [2.75, 3.05) is 25.5 Å². The van der Waals surface area contributed by atoms with E-state index in [1.165, 1.54) is 34.9 Å². The number of thioether (sulfide) groups is 1. The highest BCUT2D eigenvalue weighted by Gasteiger charge is 2.27. The van der Waals surface area contributed by atoms with Crippen LogP contribution in [0.1, 0.15) is 12.7 Å². The molecule has 1 aromatic heterocycles. The summed E-state index contributed by atoms with van der Waals surface area (Å²) in [7, 11) is 0. The first-order valence-corrected chi connectivity index (χ1v) is 9.19. The normalized spacial score (nSPS) is 16.0. The maximum Gasteiger partial charge on any atom is 0.333 e. The standard InChI is InChI=1S/C16H16BrNO6S/c1-2-22-16(21)9-14-18(13(19)10-25-14)7-8-23-15(20)6-4-11-3-5-12(17)24-11/h3-6,9H,2,7-8,10H2,1H3/b6-4+,14-9-. The molecule has 1 aliphatic rings. The van der Waals surface area contributed by atoms with E-state index < -0.39 is 11.9 Å². The van der Waals surface area contributed by atoms with E-state index in [-0.39, 0.29) is 31.4 Å². The minimum absolute atomic E-state index is 0.0114. The van der Waals surface area contributed by atoms with Crippen LogP contribution < -0.4 is 0 Å². The van der Waals surface area contributed by atoms with Gasteiger partial charge in [0.25, 0.3) is 0 Å². The molecule has 0 atom stereocenters. The molecule has 0 aliphatic carbocycles. The Morgan fingerprint density at radius 2 is 2.16 bits per heavy atom. The van der Waals surface area contributed by atoms with Gasteiger partial charge in [0.05, 0.1) is 30.0 Å². The first-order chi connectivity index (χ1) is 12.0. The number of carbonyl (C=O) groups excluding carboxylic acids is 3. The van der Waals surface area contributed by atoms with Crippen molar-refractivity contribution in [3.8, 4) is 0 Å². The predicted molar refractivity (Wildman–Crippen MR) is 95.3 cm³/mol. The first kappa shape index (κ1) is 19.3. The van der Waals surface area contributed by atoms with E-state index in [2.05, 4.69) is 15.9 Å². The summed E-state index contributed by atoms with van der Waals surface area (Å²) in [5.41, 5.74) is 0. The third-order valence-electron chi connectivity index (χ3n) is 2.98. The van der Waals surface area contributed by atoms with Gasteiger partial charge in [-0.25, -0.2) is 9.59 Å². The highest BCUT2D eigenvalue weighted by molar-refractivity contribution is 9.10. The molecule has 2 rings (SSSR count). The summed E-state index contributed by atoms with van der Waals surface area (Å²) in [5.74, 6) is -0.453. The van der Waals surface area contributed by atoms with Gasteiger partial charge in [-0.2, -0.15) is 0 Å². The Hall–Kier alpha value is -2.00. The van der Waals surface area contributed by atoms with Gasteiger partial charge in [0.2, 0.25) is 5.91 Å². The van der Waals surface area contributed by atoms with Crippen LogP contribution in [0.4, 0.5) is 0 Å². The van der Waals surface area contributed by atoms with Crippen molar-refractivity contribution >= 4 is 51.6 Å². The Kier molecular flexibility index (Phi) is 7.32. The van der Waals surface area contributed by atoms with Crippen LogP contribution in [-0.4, -0.2) is 48.3 Å². The molecule has 134 valence electrons. The van der Waals surface area contributed by atoms with E-state index in [1.54, 1.807) is 19.1 Å². The summed E-state index contributed by atoms with van der Waals surface area (Å²) in [6, 6.07) is 3.40. The summed E-state index contributed by atoms with van der Waals surface area (Å²) in [4.78, 5) is 36.4. The van der Waals surface area contributed by atoms with Crippen LogP contribution in [0.3, 0.4) is 0 Å². The molecule has 0 radical (unpaired) electrons. The van der Waals surface area contributed by atoms with E-state index in [1.807, 2.05) is 0 Å². The van der Waals surface area contributed by atoms with Crippen molar-refractivity contribution in [1.29, 1.82) is 0 Å². The van der Waals surface area contributed by atoms with E-state index in [9.17, 15) is 14.4 Å². The summed E-state index contributed by atoms with van der Waals surface area (Å²) < 4.78 is 15.7. The lowest BCUT2D eigenvalue weighted by molar-refractivity contribution is -0.140. The number of esters is 2. The summed E-state index contributed by atoms with van der Waals surface area (Å²) >= 11 is 4.41. The van der Waals surface area contributed by atoms with Gasteiger partial charge in [0, 0.05) is 6.08 Å². The lowest BCUT2D eigenvalue weighted by Gasteiger charge is -2.16. The van der Waals surface area contributed by atoms with Crippen molar-refractivity contribution < 1.29 is 28.3 Å². The predicted octanol–water partition coefficient (Wildman–Crippen LogP) is 2.58. The molecule has 25 heavy (non-hydrogen) atoms. The Balaban J connectivity index is 1.82. The van der Waals surface area contributed by atoms with E-state index in [0.29, 0.717) is 15.5 Å². The molecule has 1 amide bonds. The first-order valence-electron chi connectivity index (χ1n) is 7.41. The van der Waals surface area contributed by atoms with Gasteiger partial charge in [-0.3, -0.25) is 4.79 Å². The molecule has 2 heterocycles. The second kappa shape index (κ2) is 9.47. The van der Waals surface area contributed by atoms with Gasteiger partial charge in [0.15, 0.2) is 4.67 Å². The van der Waals surface area contributed by atoms with E-state index >= 15 is 0 Å². The SMILES string of the molecule is CCOC(=O)/C=C1\SCC(=O)N1CCOC(=O)/C=C/c1ccc(Br)o1. The van der Waals surface area contributed by atoms with Gasteiger partial charge in [-0.05, 0) is 41.1 Å². The molecule has 0 aromatic carbocycles. The molecule has 0 unspecified atom stereocenters. The maximum atomic E-state index is 11.9. The molecule has 0 saturated carbocycles. The van der Waals surface area contributed by atoms with Crippen molar-refractivity contribution in [1.82, 2.24) is 4.90 Å². The topological polar surface area (TPSA) is 86.0 Å². The van der Waals surface area contributed by atoms with Crippen molar-refractivity contribution in [2.45, 2.75) is 6.92 Å². The molecule has 1 aliphatic heterocycles. The van der Waals surface area contributed by atoms with Crippen molar-refractivity contribution in [3.05, 3.63) is 39.7 Å². The fourth-order valence-corrected chi connectivity index (χ4v) is 3.18. The van der Waals surface area contributed by atoms with Crippen LogP contribution in [0.15, 0.2) is 38.4 Å². The molecular formula is C16H16BrNO6S. The van der Waals surface area contributed by atoms with Crippen LogP contribution in [0.25, 0.3) is 6.08 Å². The Morgan fingerprint density at radius 1 is 1.36 bits per heavy atom. The van der Waals surface area contributed by atoms with Crippen LogP contribution in [0.2, 0.25) is 0 Å². The molecule has 0 N–H and O–H groups in total. The smallest absolute Gasteiger partial charge is 0.333 e. The number of rotatable bonds is 7. The Morgan fingerprint density at radius 3 is 2.84 bits per heavy atom.